The van der Waals surface area contributed by atoms with Crippen LogP contribution in [0.3, 0.4) is 0 Å². The Balaban J connectivity index is 2.44. The summed E-state index contributed by atoms with van der Waals surface area (Å²) in [4.78, 5) is 25.2. The highest BCUT2D eigenvalue weighted by Crippen LogP contribution is 2.10. The summed E-state index contributed by atoms with van der Waals surface area (Å²) < 4.78 is 0. The first-order valence-electron chi connectivity index (χ1n) is 6.32. The minimum absolute atomic E-state index is 0.00552. The Morgan fingerprint density at radius 2 is 2.11 bits per heavy atom. The summed E-state index contributed by atoms with van der Waals surface area (Å²) in [5, 5.41) is 3.09. The lowest BCUT2D eigenvalue weighted by Crippen LogP contribution is -2.38. The first-order chi connectivity index (χ1) is 9.04. The van der Waals surface area contributed by atoms with Gasteiger partial charge in [0.1, 0.15) is 0 Å². The van der Waals surface area contributed by atoms with Crippen LogP contribution in [0.25, 0.3) is 0 Å². The van der Waals surface area contributed by atoms with Crippen molar-refractivity contribution < 1.29 is 9.59 Å². The smallest absolute Gasteiger partial charge is 0.251 e. The highest BCUT2D eigenvalue weighted by molar-refractivity contribution is 6.30. The van der Waals surface area contributed by atoms with Crippen molar-refractivity contribution in [1.82, 2.24) is 10.2 Å². The van der Waals surface area contributed by atoms with Crippen LogP contribution >= 0.6 is 11.6 Å². The van der Waals surface area contributed by atoms with Gasteiger partial charge in [0.15, 0.2) is 0 Å². The van der Waals surface area contributed by atoms with Crippen LogP contribution in [-0.2, 0) is 4.79 Å². The molecule has 104 valence electrons. The predicted octanol–water partition coefficient (Wildman–Crippen LogP) is 2.33. The van der Waals surface area contributed by atoms with E-state index in [1.165, 1.54) is 0 Å². The van der Waals surface area contributed by atoms with Gasteiger partial charge >= 0.3 is 0 Å². The number of hydrogen-bond acceptors (Lipinski definition) is 2. The Labute approximate surface area is 118 Å². The minimum Gasteiger partial charge on any atom is -0.344 e. The van der Waals surface area contributed by atoms with Crippen LogP contribution < -0.4 is 5.32 Å². The highest BCUT2D eigenvalue weighted by atomic mass is 35.5. The summed E-state index contributed by atoms with van der Waals surface area (Å²) in [5.74, 6) is -0.386. The third-order valence-electron chi connectivity index (χ3n) is 2.76. The lowest BCUT2D eigenvalue weighted by atomic mass is 10.2. The predicted molar refractivity (Wildman–Crippen MR) is 76.3 cm³/mol. The average Bonchev–Trinajstić information content (AvgIpc) is 2.41. The van der Waals surface area contributed by atoms with Crippen molar-refractivity contribution in [2.24, 2.45) is 0 Å². The van der Waals surface area contributed by atoms with Crippen LogP contribution in [0.2, 0.25) is 5.02 Å². The maximum absolute atomic E-state index is 11.8. The van der Waals surface area contributed by atoms with E-state index < -0.39 is 0 Å². The highest BCUT2D eigenvalue weighted by Gasteiger charge is 2.11. The molecule has 5 heteroatoms. The fraction of sp³-hybridized carbons (Fsp3) is 0.429. The molecule has 0 heterocycles. The largest absolute Gasteiger partial charge is 0.344 e. The van der Waals surface area contributed by atoms with Crippen molar-refractivity contribution in [2.45, 2.75) is 19.8 Å². The summed E-state index contributed by atoms with van der Waals surface area (Å²) in [5.41, 5.74) is 0.455. The second-order valence-electron chi connectivity index (χ2n) is 4.36. The van der Waals surface area contributed by atoms with E-state index >= 15 is 0 Å². The Morgan fingerprint density at radius 3 is 2.74 bits per heavy atom. The van der Waals surface area contributed by atoms with Crippen molar-refractivity contribution in [3.8, 4) is 0 Å². The summed E-state index contributed by atoms with van der Waals surface area (Å²) in [6, 6.07) is 6.63. The van der Waals surface area contributed by atoms with E-state index in [0.717, 1.165) is 12.8 Å². The standard InChI is InChI=1S/C14H19ClN2O2/c1-3-4-8-17(2)13(18)10-16-14(19)11-6-5-7-12(15)9-11/h5-7,9H,3-4,8,10H2,1-2H3,(H,16,19). The van der Waals surface area contributed by atoms with Crippen LogP contribution in [0.1, 0.15) is 30.1 Å². The van der Waals surface area contributed by atoms with Gasteiger partial charge in [0.2, 0.25) is 5.91 Å². The molecule has 0 aliphatic carbocycles. The van der Waals surface area contributed by atoms with Crippen molar-refractivity contribution >= 4 is 23.4 Å². The van der Waals surface area contributed by atoms with Crippen molar-refractivity contribution in [3.05, 3.63) is 34.9 Å². The lowest BCUT2D eigenvalue weighted by molar-refractivity contribution is -0.128. The second kappa shape index (κ2) is 7.79. The Morgan fingerprint density at radius 1 is 1.37 bits per heavy atom. The molecule has 0 saturated carbocycles. The molecule has 1 rings (SSSR count). The monoisotopic (exact) mass is 282 g/mol. The van der Waals surface area contributed by atoms with Crippen LogP contribution in [-0.4, -0.2) is 36.9 Å². The van der Waals surface area contributed by atoms with Crippen molar-refractivity contribution in [2.75, 3.05) is 20.1 Å². The Bertz CT molecular complexity index is 449. The molecule has 0 saturated heterocycles. The number of unbranched alkanes of at least 4 members (excludes halogenated alkanes) is 1. The van der Waals surface area contributed by atoms with Crippen LogP contribution in [0, 0.1) is 0 Å². The fourth-order valence-corrected chi connectivity index (χ4v) is 1.73. The zero-order valence-electron chi connectivity index (χ0n) is 11.3. The summed E-state index contributed by atoms with van der Waals surface area (Å²) in [6.07, 6.45) is 2.00. The molecular formula is C14H19ClN2O2. The summed E-state index contributed by atoms with van der Waals surface area (Å²) in [7, 11) is 1.74. The van der Waals surface area contributed by atoms with Gasteiger partial charge < -0.3 is 10.2 Å². The summed E-state index contributed by atoms with van der Waals surface area (Å²) in [6.45, 7) is 2.78. The summed E-state index contributed by atoms with van der Waals surface area (Å²) >= 11 is 5.80. The second-order valence-corrected chi connectivity index (χ2v) is 4.80. The molecule has 4 nitrogen and oxygen atoms in total. The number of carbonyl (C=O) groups is 2. The maximum atomic E-state index is 11.8. The van der Waals surface area contributed by atoms with E-state index in [9.17, 15) is 9.59 Å². The quantitative estimate of drug-likeness (QED) is 0.870. The molecule has 0 radical (unpaired) electrons. The first kappa shape index (κ1) is 15.5. The van der Waals surface area contributed by atoms with Gasteiger partial charge in [0.25, 0.3) is 5.91 Å². The fourth-order valence-electron chi connectivity index (χ4n) is 1.54. The number of likely N-dealkylation sites (N-methyl/N-ethyl adjacent to an activating group) is 1. The average molecular weight is 283 g/mol. The Kier molecular flexibility index (Phi) is 6.36. The lowest BCUT2D eigenvalue weighted by Gasteiger charge is -2.16. The number of carbonyl (C=O) groups excluding carboxylic acids is 2. The van der Waals surface area contributed by atoms with E-state index in [4.69, 9.17) is 11.6 Å². The molecule has 0 unspecified atom stereocenters. The van der Waals surface area contributed by atoms with Gasteiger partial charge in [-0.05, 0) is 24.6 Å². The molecule has 2 amide bonds. The molecule has 1 N–H and O–H groups in total. The van der Waals surface area contributed by atoms with Gasteiger partial charge in [-0.3, -0.25) is 9.59 Å². The van der Waals surface area contributed by atoms with E-state index in [-0.39, 0.29) is 18.4 Å². The molecule has 19 heavy (non-hydrogen) atoms. The molecule has 1 aromatic rings. The van der Waals surface area contributed by atoms with E-state index in [1.807, 2.05) is 0 Å². The first-order valence-corrected chi connectivity index (χ1v) is 6.70. The van der Waals surface area contributed by atoms with Crippen molar-refractivity contribution in [1.29, 1.82) is 0 Å². The van der Waals surface area contributed by atoms with Gasteiger partial charge in [-0.1, -0.05) is 31.0 Å². The van der Waals surface area contributed by atoms with E-state index in [1.54, 1.807) is 36.2 Å². The molecule has 0 aromatic heterocycles. The number of halogens is 1. The topological polar surface area (TPSA) is 49.4 Å². The number of benzene rings is 1. The van der Waals surface area contributed by atoms with Gasteiger partial charge in [0, 0.05) is 24.2 Å². The van der Waals surface area contributed by atoms with Gasteiger partial charge in [-0.25, -0.2) is 0 Å². The van der Waals surface area contributed by atoms with E-state index in [2.05, 4.69) is 12.2 Å². The maximum Gasteiger partial charge on any atom is 0.251 e. The van der Waals surface area contributed by atoms with Gasteiger partial charge in [-0.15, -0.1) is 0 Å². The Hall–Kier alpha value is -1.55. The third-order valence-corrected chi connectivity index (χ3v) is 2.99. The molecular weight excluding hydrogens is 264 g/mol. The number of rotatable bonds is 6. The third kappa shape index (κ3) is 5.30. The SMILES string of the molecule is CCCCN(C)C(=O)CNC(=O)c1cccc(Cl)c1. The molecule has 0 bridgehead atoms. The zero-order valence-corrected chi connectivity index (χ0v) is 12.0. The number of nitrogens with one attached hydrogen (secondary N) is 1. The minimum atomic E-state index is -0.292. The van der Waals surface area contributed by atoms with Gasteiger partial charge in [-0.2, -0.15) is 0 Å². The molecule has 0 fully saturated rings. The molecule has 0 spiro atoms. The number of amides is 2. The van der Waals surface area contributed by atoms with Crippen LogP contribution in [0.15, 0.2) is 24.3 Å². The van der Waals surface area contributed by atoms with Crippen LogP contribution in [0.5, 0.6) is 0 Å². The molecule has 0 aliphatic rings. The zero-order chi connectivity index (χ0) is 14.3. The molecule has 1 aromatic carbocycles. The molecule has 0 aliphatic heterocycles. The van der Waals surface area contributed by atoms with Crippen LogP contribution in [0.4, 0.5) is 0 Å². The van der Waals surface area contributed by atoms with Gasteiger partial charge in [0.05, 0.1) is 6.54 Å². The van der Waals surface area contributed by atoms with Crippen molar-refractivity contribution in [3.63, 3.8) is 0 Å². The molecule has 0 atom stereocenters. The number of hydrogen-bond donors (Lipinski definition) is 1. The normalized spacial score (nSPS) is 10.1. The van der Waals surface area contributed by atoms with E-state index in [0.29, 0.717) is 17.1 Å². The number of nitrogens with zero attached hydrogens (tertiary/aromatic N) is 1.